The zero-order valence-corrected chi connectivity index (χ0v) is 13.5. The molecule has 2 aromatic rings. The van der Waals surface area contributed by atoms with Gasteiger partial charge in [0.15, 0.2) is 0 Å². The zero-order chi connectivity index (χ0) is 17.1. The lowest BCUT2D eigenvalue weighted by Crippen LogP contribution is -2.47. The van der Waals surface area contributed by atoms with Crippen LogP contribution in [0.25, 0.3) is 0 Å². The molecule has 1 aliphatic heterocycles. The van der Waals surface area contributed by atoms with Gasteiger partial charge in [-0.05, 0) is 5.56 Å². The number of ether oxygens (including phenoxy) is 1. The molecule has 0 unspecified atom stereocenters. The molecule has 0 aliphatic carbocycles. The number of urea groups is 1. The highest BCUT2D eigenvalue weighted by molar-refractivity contribution is 5.95. The van der Waals surface area contributed by atoms with Crippen molar-refractivity contribution in [3.63, 3.8) is 0 Å². The Hall–Kier alpha value is -3.09. The predicted octanol–water partition coefficient (Wildman–Crippen LogP) is 1.71. The molecule has 2 amide bonds. The van der Waals surface area contributed by atoms with Crippen molar-refractivity contribution in [2.45, 2.75) is 12.6 Å². The van der Waals surface area contributed by atoms with Crippen LogP contribution >= 0.6 is 0 Å². The van der Waals surface area contributed by atoms with E-state index in [0.29, 0.717) is 17.8 Å². The molecule has 24 heavy (non-hydrogen) atoms. The minimum atomic E-state index is -0.555. The molecule has 0 radical (unpaired) electrons. The van der Waals surface area contributed by atoms with Crippen molar-refractivity contribution in [2.75, 3.05) is 14.2 Å². The van der Waals surface area contributed by atoms with Gasteiger partial charge in [0.2, 0.25) is 0 Å². The topological polar surface area (TPSA) is 76.5 Å². The van der Waals surface area contributed by atoms with Crippen LogP contribution < -0.4 is 5.32 Å². The van der Waals surface area contributed by atoms with Crippen molar-refractivity contribution in [2.24, 2.45) is 0 Å². The maximum Gasteiger partial charge on any atom is 0.338 e. The molecular weight excluding hydrogens is 308 g/mol. The molecule has 1 aromatic heterocycles. The van der Waals surface area contributed by atoms with E-state index in [1.807, 2.05) is 30.3 Å². The molecule has 0 saturated heterocycles. The average molecular weight is 326 g/mol. The zero-order valence-electron chi connectivity index (χ0n) is 13.5. The number of methoxy groups -OCH3 is 1. The predicted molar refractivity (Wildman–Crippen MR) is 86.7 cm³/mol. The van der Waals surface area contributed by atoms with Gasteiger partial charge < -0.3 is 14.6 Å². The van der Waals surface area contributed by atoms with Crippen LogP contribution in [0.2, 0.25) is 0 Å². The molecule has 1 N–H and O–H groups in total. The monoisotopic (exact) mass is 326 g/mol. The summed E-state index contributed by atoms with van der Waals surface area (Å²) < 4.78 is 6.78. The average Bonchev–Trinajstić information content (AvgIpc) is 3.12. The van der Waals surface area contributed by atoms with E-state index in [2.05, 4.69) is 10.3 Å². The number of aromatic nitrogens is 2. The van der Waals surface area contributed by atoms with Crippen LogP contribution in [0.3, 0.4) is 0 Å². The van der Waals surface area contributed by atoms with Crippen molar-refractivity contribution in [1.82, 2.24) is 19.8 Å². The van der Waals surface area contributed by atoms with E-state index in [0.717, 1.165) is 5.56 Å². The quantitative estimate of drug-likeness (QED) is 0.868. The fourth-order valence-corrected chi connectivity index (χ4v) is 2.75. The number of amides is 2. The third-order valence-corrected chi connectivity index (χ3v) is 4.01. The van der Waals surface area contributed by atoms with Crippen molar-refractivity contribution in [3.05, 3.63) is 65.9 Å². The second-order valence-corrected chi connectivity index (χ2v) is 5.44. The van der Waals surface area contributed by atoms with Crippen molar-refractivity contribution in [3.8, 4) is 0 Å². The Balaban J connectivity index is 2.12. The lowest BCUT2D eigenvalue weighted by atomic mass is 9.94. The first-order valence-electron chi connectivity index (χ1n) is 7.48. The highest BCUT2D eigenvalue weighted by Crippen LogP contribution is 2.31. The number of esters is 1. The number of imidazole rings is 1. The summed E-state index contributed by atoms with van der Waals surface area (Å²) in [6.07, 6.45) is 5.06. The minimum absolute atomic E-state index is 0.272. The summed E-state index contributed by atoms with van der Waals surface area (Å²) in [5.74, 6) is -0.467. The Bertz CT molecular complexity index is 768. The molecule has 2 heterocycles. The van der Waals surface area contributed by atoms with Crippen LogP contribution in [-0.4, -0.2) is 40.6 Å². The number of likely N-dealkylation sites (N-methyl/N-ethyl adjacent to an activating group) is 1. The molecule has 124 valence electrons. The van der Waals surface area contributed by atoms with E-state index in [1.165, 1.54) is 12.0 Å². The van der Waals surface area contributed by atoms with Gasteiger partial charge in [0.05, 0.1) is 37.3 Å². The van der Waals surface area contributed by atoms with E-state index in [-0.39, 0.29) is 6.03 Å². The number of carbonyl (C=O) groups is 2. The molecule has 0 bridgehead atoms. The summed E-state index contributed by atoms with van der Waals surface area (Å²) in [5, 5.41) is 2.86. The Morgan fingerprint density at radius 3 is 2.71 bits per heavy atom. The molecule has 0 saturated carbocycles. The summed E-state index contributed by atoms with van der Waals surface area (Å²) >= 11 is 0. The van der Waals surface area contributed by atoms with E-state index >= 15 is 0 Å². The molecule has 7 nitrogen and oxygen atoms in total. The lowest BCUT2D eigenvalue weighted by Gasteiger charge is -2.34. The largest absolute Gasteiger partial charge is 0.466 e. The molecule has 1 aliphatic rings. The van der Waals surface area contributed by atoms with Gasteiger partial charge in [0, 0.05) is 19.4 Å². The van der Waals surface area contributed by atoms with Gasteiger partial charge in [-0.15, -0.1) is 0 Å². The summed E-state index contributed by atoms with van der Waals surface area (Å²) in [4.78, 5) is 30.3. The van der Waals surface area contributed by atoms with Gasteiger partial charge in [-0.1, -0.05) is 30.3 Å². The van der Waals surface area contributed by atoms with Crippen molar-refractivity contribution < 1.29 is 14.3 Å². The maximum absolute atomic E-state index is 12.5. The third kappa shape index (κ3) is 2.88. The molecule has 1 aromatic carbocycles. The summed E-state index contributed by atoms with van der Waals surface area (Å²) in [6, 6.07) is 8.53. The highest BCUT2D eigenvalue weighted by Gasteiger charge is 2.36. The van der Waals surface area contributed by atoms with E-state index in [9.17, 15) is 9.59 Å². The van der Waals surface area contributed by atoms with E-state index < -0.39 is 12.0 Å². The van der Waals surface area contributed by atoms with Crippen LogP contribution in [0.1, 0.15) is 11.6 Å². The maximum atomic E-state index is 12.5. The number of carbonyl (C=O) groups excluding carboxylic acids is 2. The van der Waals surface area contributed by atoms with Crippen LogP contribution in [0.15, 0.2) is 60.3 Å². The number of nitrogens with zero attached hydrogens (tertiary/aromatic N) is 3. The van der Waals surface area contributed by atoms with Gasteiger partial charge in [0.25, 0.3) is 0 Å². The van der Waals surface area contributed by atoms with E-state index in [4.69, 9.17) is 4.74 Å². The number of rotatable bonds is 4. The van der Waals surface area contributed by atoms with Crippen LogP contribution in [0.4, 0.5) is 4.79 Å². The van der Waals surface area contributed by atoms with Gasteiger partial charge >= 0.3 is 12.0 Å². The first-order chi connectivity index (χ1) is 11.6. The molecule has 1 atom stereocenters. The fourth-order valence-electron chi connectivity index (χ4n) is 2.75. The number of hydrogen-bond acceptors (Lipinski definition) is 4. The molecule has 3 rings (SSSR count). The molecule has 0 fully saturated rings. The number of benzene rings is 1. The van der Waals surface area contributed by atoms with Crippen molar-refractivity contribution >= 4 is 12.0 Å². The molecule has 7 heteroatoms. The van der Waals surface area contributed by atoms with Crippen LogP contribution in [0.5, 0.6) is 0 Å². The van der Waals surface area contributed by atoms with Gasteiger partial charge in [0.1, 0.15) is 0 Å². The van der Waals surface area contributed by atoms with Crippen LogP contribution in [-0.2, 0) is 16.1 Å². The number of nitrogens with one attached hydrogen (secondary N) is 1. The fraction of sp³-hybridized carbons (Fsp3) is 0.235. The van der Waals surface area contributed by atoms with E-state index in [1.54, 1.807) is 30.3 Å². The minimum Gasteiger partial charge on any atom is -0.466 e. The number of hydrogen-bond donors (Lipinski definition) is 1. The van der Waals surface area contributed by atoms with Gasteiger partial charge in [-0.3, -0.25) is 4.90 Å². The normalized spacial score (nSPS) is 17.7. The Morgan fingerprint density at radius 1 is 1.33 bits per heavy atom. The number of allylic oxidation sites excluding steroid dienone is 1. The summed E-state index contributed by atoms with van der Waals surface area (Å²) in [6.45, 7) is 0.345. The highest BCUT2D eigenvalue weighted by atomic mass is 16.5. The van der Waals surface area contributed by atoms with Crippen molar-refractivity contribution in [1.29, 1.82) is 0 Å². The van der Waals surface area contributed by atoms with Gasteiger partial charge in [-0.25, -0.2) is 14.6 Å². The summed E-state index contributed by atoms with van der Waals surface area (Å²) in [5.41, 5.74) is 1.82. The van der Waals surface area contributed by atoms with Gasteiger partial charge in [-0.2, -0.15) is 0 Å². The second kappa shape index (κ2) is 6.57. The molecule has 0 spiro atoms. The Morgan fingerprint density at radius 2 is 2.08 bits per heavy atom. The summed E-state index contributed by atoms with van der Waals surface area (Å²) in [7, 11) is 2.97. The Labute approximate surface area is 139 Å². The Kier molecular flexibility index (Phi) is 4.33. The van der Waals surface area contributed by atoms with Crippen LogP contribution in [0, 0.1) is 0 Å². The smallest absolute Gasteiger partial charge is 0.338 e. The standard InChI is InChI=1S/C17H18N4O3/c1-20-13(10-21-9-8-18-11-21)14(16(22)24-2)15(19-17(20)23)12-6-4-3-5-7-12/h3-9,11,15H,10H2,1-2H3,(H,19,23)/t15-/m1/s1. The first kappa shape index (κ1) is 15.8. The lowest BCUT2D eigenvalue weighted by molar-refractivity contribution is -0.136. The molecular formula is C17H18N4O3. The SMILES string of the molecule is COC(=O)C1=C(Cn2ccnc2)N(C)C(=O)N[C@@H]1c1ccccc1. The first-order valence-corrected chi connectivity index (χ1v) is 7.48. The third-order valence-electron chi connectivity index (χ3n) is 4.01. The second-order valence-electron chi connectivity index (χ2n) is 5.44.